The Morgan fingerprint density at radius 3 is 2.48 bits per heavy atom. The lowest BCUT2D eigenvalue weighted by Crippen LogP contribution is -2.48. The monoisotopic (exact) mass is 352 g/mol. The number of aliphatic imine (C=N–C) groups is 1. The number of carbonyl (C=O) groups is 1. The van der Waals surface area contributed by atoms with Gasteiger partial charge in [0.15, 0.2) is 5.96 Å². The highest BCUT2D eigenvalue weighted by molar-refractivity contribution is 5.80. The number of nitrogens with one attached hydrogen (secondary N) is 1. The fourth-order valence-electron chi connectivity index (χ4n) is 3.83. The van der Waals surface area contributed by atoms with E-state index in [1.54, 1.807) is 0 Å². The van der Waals surface area contributed by atoms with Crippen molar-refractivity contribution in [3.05, 3.63) is 0 Å². The van der Waals surface area contributed by atoms with Crippen molar-refractivity contribution in [2.24, 2.45) is 16.8 Å². The van der Waals surface area contributed by atoms with Crippen molar-refractivity contribution in [2.75, 3.05) is 52.9 Å². The van der Waals surface area contributed by atoms with Gasteiger partial charge in [0.05, 0.1) is 12.5 Å². The van der Waals surface area contributed by atoms with Gasteiger partial charge in [-0.2, -0.15) is 0 Å². The van der Waals surface area contributed by atoms with Crippen molar-refractivity contribution in [1.29, 1.82) is 0 Å². The second kappa shape index (κ2) is 10.6. The molecule has 0 saturated carbocycles. The topological polar surface area (TPSA) is 57.2 Å². The summed E-state index contributed by atoms with van der Waals surface area (Å²) < 4.78 is 5.15. The van der Waals surface area contributed by atoms with Crippen LogP contribution in [0.15, 0.2) is 4.99 Å². The fraction of sp³-hybridized carbons (Fsp3) is 0.895. The van der Waals surface area contributed by atoms with Gasteiger partial charge < -0.3 is 19.9 Å². The molecular formula is C19H36N4O2. The van der Waals surface area contributed by atoms with Crippen molar-refractivity contribution in [3.8, 4) is 0 Å². The van der Waals surface area contributed by atoms with Crippen molar-refractivity contribution >= 4 is 11.9 Å². The second-order valence-electron chi connectivity index (χ2n) is 7.41. The molecule has 144 valence electrons. The second-order valence-corrected chi connectivity index (χ2v) is 7.41. The summed E-state index contributed by atoms with van der Waals surface area (Å²) >= 11 is 0. The Labute approximate surface area is 153 Å². The molecule has 6 nitrogen and oxygen atoms in total. The molecule has 0 radical (unpaired) electrons. The molecule has 0 aromatic carbocycles. The highest BCUT2D eigenvalue weighted by atomic mass is 16.5. The summed E-state index contributed by atoms with van der Waals surface area (Å²) in [4.78, 5) is 21.1. The molecule has 0 bridgehead atoms. The molecule has 2 aliphatic heterocycles. The van der Waals surface area contributed by atoms with Crippen LogP contribution in [0.5, 0.6) is 0 Å². The number of hydrogen-bond acceptors (Lipinski definition) is 4. The van der Waals surface area contributed by atoms with E-state index in [0.717, 1.165) is 45.0 Å². The van der Waals surface area contributed by atoms with E-state index in [0.29, 0.717) is 12.5 Å². The summed E-state index contributed by atoms with van der Waals surface area (Å²) in [7, 11) is 1.84. The van der Waals surface area contributed by atoms with Crippen LogP contribution >= 0.6 is 0 Å². The number of likely N-dealkylation sites (tertiary alicyclic amines) is 2. The van der Waals surface area contributed by atoms with E-state index in [2.05, 4.69) is 27.0 Å². The molecule has 0 aromatic heterocycles. The summed E-state index contributed by atoms with van der Waals surface area (Å²) in [5, 5.41) is 3.53. The quantitative estimate of drug-likeness (QED) is 0.450. The highest BCUT2D eigenvalue weighted by Crippen LogP contribution is 2.19. The van der Waals surface area contributed by atoms with E-state index >= 15 is 0 Å². The van der Waals surface area contributed by atoms with Crippen LogP contribution < -0.4 is 5.32 Å². The van der Waals surface area contributed by atoms with Crippen molar-refractivity contribution in [1.82, 2.24) is 15.1 Å². The first-order valence-electron chi connectivity index (χ1n) is 9.98. The number of guanidine groups is 1. The minimum atomic E-state index is -0.0414. The Bertz CT molecular complexity index is 427. The average Bonchev–Trinajstić information content (AvgIpc) is 2.64. The van der Waals surface area contributed by atoms with Crippen LogP contribution in [0.25, 0.3) is 0 Å². The molecule has 1 unspecified atom stereocenters. The van der Waals surface area contributed by atoms with Crippen LogP contribution in [-0.2, 0) is 9.53 Å². The Morgan fingerprint density at radius 1 is 1.20 bits per heavy atom. The highest BCUT2D eigenvalue weighted by Gasteiger charge is 2.27. The summed E-state index contributed by atoms with van der Waals surface area (Å²) in [6.45, 7) is 11.0. The lowest BCUT2D eigenvalue weighted by molar-refractivity contribution is -0.149. The Morgan fingerprint density at radius 2 is 1.88 bits per heavy atom. The Kier molecular flexibility index (Phi) is 8.52. The molecule has 2 rings (SSSR count). The average molecular weight is 353 g/mol. The van der Waals surface area contributed by atoms with Gasteiger partial charge in [-0.1, -0.05) is 13.3 Å². The standard InChI is InChI=1S/C19H36N4O2/c1-4-25-18(24)17-8-12-23(13-9-17)19(20-3)21-14-16(2)15-22-10-6-5-7-11-22/h16-17H,4-15H2,1-3H3,(H,20,21). The van der Waals surface area contributed by atoms with Crippen LogP contribution in [-0.4, -0.2) is 74.7 Å². The number of piperidine rings is 2. The van der Waals surface area contributed by atoms with Gasteiger partial charge in [-0.3, -0.25) is 9.79 Å². The van der Waals surface area contributed by atoms with Crippen LogP contribution in [0, 0.1) is 11.8 Å². The number of esters is 1. The van der Waals surface area contributed by atoms with Crippen LogP contribution in [0.2, 0.25) is 0 Å². The fourth-order valence-corrected chi connectivity index (χ4v) is 3.83. The van der Waals surface area contributed by atoms with Gasteiger partial charge in [0.25, 0.3) is 0 Å². The first-order valence-corrected chi connectivity index (χ1v) is 9.98. The van der Waals surface area contributed by atoms with E-state index in [4.69, 9.17) is 4.74 Å². The van der Waals surface area contributed by atoms with Crippen LogP contribution in [0.3, 0.4) is 0 Å². The van der Waals surface area contributed by atoms with Gasteiger partial charge in [0.1, 0.15) is 0 Å². The van der Waals surface area contributed by atoms with Gasteiger partial charge in [-0.15, -0.1) is 0 Å². The zero-order chi connectivity index (χ0) is 18.1. The van der Waals surface area contributed by atoms with E-state index in [-0.39, 0.29) is 11.9 Å². The molecule has 6 heteroatoms. The SMILES string of the molecule is CCOC(=O)C1CCN(C(=NC)NCC(C)CN2CCCCC2)CC1. The predicted octanol–water partition coefficient (Wildman–Crippen LogP) is 1.96. The van der Waals surface area contributed by atoms with Crippen LogP contribution in [0.4, 0.5) is 0 Å². The lowest BCUT2D eigenvalue weighted by Gasteiger charge is -2.34. The normalized spacial score (nSPS) is 21.9. The molecule has 25 heavy (non-hydrogen) atoms. The summed E-state index contributed by atoms with van der Waals surface area (Å²) in [5.74, 6) is 1.58. The summed E-state index contributed by atoms with van der Waals surface area (Å²) in [6, 6.07) is 0. The maximum Gasteiger partial charge on any atom is 0.309 e. The molecule has 2 aliphatic rings. The van der Waals surface area contributed by atoms with Crippen molar-refractivity contribution < 1.29 is 9.53 Å². The van der Waals surface area contributed by atoms with Crippen molar-refractivity contribution in [3.63, 3.8) is 0 Å². The molecule has 2 saturated heterocycles. The van der Waals surface area contributed by atoms with Crippen LogP contribution in [0.1, 0.15) is 46.0 Å². The van der Waals surface area contributed by atoms with E-state index in [1.165, 1.54) is 32.4 Å². The first kappa shape index (κ1) is 20.0. The maximum absolute atomic E-state index is 11.9. The third-order valence-corrected chi connectivity index (χ3v) is 5.25. The summed E-state index contributed by atoms with van der Waals surface area (Å²) in [6.07, 6.45) is 5.78. The van der Waals surface area contributed by atoms with Gasteiger partial charge in [0, 0.05) is 33.2 Å². The number of rotatable bonds is 6. The van der Waals surface area contributed by atoms with E-state index in [1.807, 2.05) is 14.0 Å². The molecule has 0 aromatic rings. The largest absolute Gasteiger partial charge is 0.466 e. The first-order chi connectivity index (χ1) is 12.1. The minimum Gasteiger partial charge on any atom is -0.466 e. The zero-order valence-corrected chi connectivity index (χ0v) is 16.3. The minimum absolute atomic E-state index is 0.0414. The third kappa shape index (κ3) is 6.49. The molecule has 0 spiro atoms. The molecule has 1 N–H and O–H groups in total. The lowest BCUT2D eigenvalue weighted by atomic mass is 9.97. The van der Waals surface area contributed by atoms with Gasteiger partial charge in [-0.25, -0.2) is 0 Å². The smallest absolute Gasteiger partial charge is 0.309 e. The molecule has 1 atom stereocenters. The zero-order valence-electron chi connectivity index (χ0n) is 16.3. The Hall–Kier alpha value is -1.30. The van der Waals surface area contributed by atoms with E-state index < -0.39 is 0 Å². The molecule has 2 heterocycles. The summed E-state index contributed by atoms with van der Waals surface area (Å²) in [5.41, 5.74) is 0. The van der Waals surface area contributed by atoms with Gasteiger partial charge in [0.2, 0.25) is 0 Å². The molecule has 0 amide bonds. The van der Waals surface area contributed by atoms with Gasteiger partial charge in [-0.05, 0) is 51.6 Å². The number of ether oxygens (including phenoxy) is 1. The van der Waals surface area contributed by atoms with Gasteiger partial charge >= 0.3 is 5.97 Å². The van der Waals surface area contributed by atoms with E-state index in [9.17, 15) is 4.79 Å². The maximum atomic E-state index is 11.9. The molecular weight excluding hydrogens is 316 g/mol. The number of carbonyl (C=O) groups excluding carboxylic acids is 1. The number of nitrogens with zero attached hydrogens (tertiary/aromatic N) is 3. The Balaban J connectivity index is 1.70. The number of hydrogen-bond donors (Lipinski definition) is 1. The van der Waals surface area contributed by atoms with Crippen molar-refractivity contribution in [2.45, 2.75) is 46.0 Å². The molecule has 2 fully saturated rings. The third-order valence-electron chi connectivity index (χ3n) is 5.25. The molecule has 0 aliphatic carbocycles. The predicted molar refractivity (Wildman–Crippen MR) is 102 cm³/mol.